The van der Waals surface area contributed by atoms with Crippen molar-refractivity contribution in [2.45, 2.75) is 18.8 Å². The lowest BCUT2D eigenvalue weighted by Crippen LogP contribution is -2.14. The van der Waals surface area contributed by atoms with E-state index in [1.165, 1.54) is 30.3 Å². The van der Waals surface area contributed by atoms with Crippen LogP contribution in [0.4, 0.5) is 8.78 Å². The predicted molar refractivity (Wildman–Crippen MR) is 79.3 cm³/mol. The second-order valence-corrected chi connectivity index (χ2v) is 5.46. The van der Waals surface area contributed by atoms with Crippen LogP contribution in [0.2, 0.25) is 0 Å². The second-order valence-electron chi connectivity index (χ2n) is 5.46. The quantitative estimate of drug-likeness (QED) is 0.939. The maximum Gasteiger partial charge on any atom is 0.354 e. The van der Waals surface area contributed by atoms with Crippen molar-refractivity contribution in [2.75, 3.05) is 13.2 Å². The van der Waals surface area contributed by atoms with E-state index >= 15 is 0 Å². The topological polar surface area (TPSA) is 59.4 Å². The summed E-state index contributed by atoms with van der Waals surface area (Å²) in [5.74, 6) is -2.64. The average molecular weight is 319 g/mol. The van der Waals surface area contributed by atoms with Gasteiger partial charge < -0.3 is 9.84 Å². The molecule has 1 aliphatic heterocycles. The first kappa shape index (κ1) is 15.6. The highest BCUT2D eigenvalue weighted by atomic mass is 19.1. The number of benzene rings is 1. The van der Waals surface area contributed by atoms with Gasteiger partial charge in [-0.1, -0.05) is 6.07 Å². The van der Waals surface area contributed by atoms with Gasteiger partial charge in [-0.15, -0.1) is 0 Å². The van der Waals surface area contributed by atoms with Crippen LogP contribution in [0.15, 0.2) is 30.3 Å². The van der Waals surface area contributed by atoms with Crippen molar-refractivity contribution >= 4 is 5.97 Å². The first-order chi connectivity index (χ1) is 11.1. The fraction of sp³-hybridized carbons (Fsp3) is 0.294. The number of carboxylic acids is 1. The number of nitrogens with zero attached hydrogens (tertiary/aromatic N) is 1. The molecule has 0 saturated carbocycles. The molecule has 1 aromatic carbocycles. The molecule has 1 fully saturated rings. The number of carbonyl (C=O) groups is 1. The fourth-order valence-electron chi connectivity index (χ4n) is 2.80. The van der Waals surface area contributed by atoms with Crippen molar-refractivity contribution < 1.29 is 23.4 Å². The van der Waals surface area contributed by atoms with Gasteiger partial charge in [0.2, 0.25) is 0 Å². The molecule has 2 heterocycles. The summed E-state index contributed by atoms with van der Waals surface area (Å²) < 4.78 is 34.1. The lowest BCUT2D eigenvalue weighted by atomic mass is 9.90. The summed E-state index contributed by atoms with van der Waals surface area (Å²) >= 11 is 0. The molecule has 1 aliphatic rings. The molecule has 0 atom stereocenters. The molecule has 3 rings (SSSR count). The second kappa shape index (κ2) is 6.42. The molecule has 1 saturated heterocycles. The number of halogens is 2. The van der Waals surface area contributed by atoms with E-state index in [0.717, 1.165) is 12.8 Å². The van der Waals surface area contributed by atoms with Gasteiger partial charge in [0.15, 0.2) is 0 Å². The Morgan fingerprint density at radius 3 is 2.43 bits per heavy atom. The molecule has 0 aliphatic carbocycles. The highest BCUT2D eigenvalue weighted by molar-refractivity contribution is 5.86. The fourth-order valence-corrected chi connectivity index (χ4v) is 2.80. The maximum atomic E-state index is 14.4. The number of carboxylic acid groups (broad SMARTS) is 1. The average Bonchev–Trinajstić information content (AvgIpc) is 2.55. The zero-order chi connectivity index (χ0) is 16.4. The third-order valence-electron chi connectivity index (χ3n) is 3.98. The Balaban J connectivity index is 2.00. The SMILES string of the molecule is O=C(O)c1cccc(-c2c(F)cc(C3CCOCC3)cc2F)n1. The first-order valence-electron chi connectivity index (χ1n) is 7.33. The Kier molecular flexibility index (Phi) is 4.34. The molecule has 0 spiro atoms. The Bertz CT molecular complexity index is 719. The molecule has 0 radical (unpaired) electrons. The Labute approximate surface area is 131 Å². The number of hydrogen-bond acceptors (Lipinski definition) is 3. The molecule has 120 valence electrons. The van der Waals surface area contributed by atoms with E-state index < -0.39 is 17.6 Å². The van der Waals surface area contributed by atoms with Gasteiger partial charge in [0.05, 0.1) is 11.3 Å². The zero-order valence-corrected chi connectivity index (χ0v) is 12.3. The molecule has 1 aromatic heterocycles. The Morgan fingerprint density at radius 2 is 1.83 bits per heavy atom. The zero-order valence-electron chi connectivity index (χ0n) is 12.3. The summed E-state index contributed by atoms with van der Waals surface area (Å²) in [5.41, 5.74) is 0.0126. The van der Waals surface area contributed by atoms with Crippen LogP contribution in [0.3, 0.4) is 0 Å². The molecule has 0 bridgehead atoms. The summed E-state index contributed by atoms with van der Waals surface area (Å²) in [6.07, 6.45) is 1.45. The summed E-state index contributed by atoms with van der Waals surface area (Å²) in [6, 6.07) is 6.70. The highest BCUT2D eigenvalue weighted by Crippen LogP contribution is 2.32. The van der Waals surface area contributed by atoms with E-state index in [9.17, 15) is 13.6 Å². The smallest absolute Gasteiger partial charge is 0.354 e. The van der Waals surface area contributed by atoms with Crippen molar-refractivity contribution in [3.05, 3.63) is 53.2 Å². The molecule has 0 amide bonds. The minimum absolute atomic E-state index is 0.0292. The van der Waals surface area contributed by atoms with Crippen LogP contribution in [0.25, 0.3) is 11.3 Å². The van der Waals surface area contributed by atoms with E-state index in [1.54, 1.807) is 0 Å². The molecule has 2 aromatic rings. The van der Waals surface area contributed by atoms with Crippen molar-refractivity contribution in [1.29, 1.82) is 0 Å². The van der Waals surface area contributed by atoms with Crippen molar-refractivity contribution in [3.63, 3.8) is 0 Å². The van der Waals surface area contributed by atoms with E-state index in [4.69, 9.17) is 9.84 Å². The summed E-state index contributed by atoms with van der Waals surface area (Å²) in [7, 11) is 0. The number of rotatable bonds is 3. The van der Waals surface area contributed by atoms with Crippen LogP contribution in [0.5, 0.6) is 0 Å². The monoisotopic (exact) mass is 319 g/mol. The van der Waals surface area contributed by atoms with Gasteiger partial charge in [0.25, 0.3) is 0 Å². The van der Waals surface area contributed by atoms with E-state index in [2.05, 4.69) is 4.98 Å². The van der Waals surface area contributed by atoms with Crippen molar-refractivity contribution in [1.82, 2.24) is 4.98 Å². The predicted octanol–water partition coefficient (Wildman–Crippen LogP) is 3.62. The molecule has 1 N–H and O–H groups in total. The van der Waals surface area contributed by atoms with Gasteiger partial charge in [0.1, 0.15) is 17.3 Å². The number of aromatic carboxylic acids is 1. The van der Waals surface area contributed by atoms with Gasteiger partial charge in [-0.25, -0.2) is 18.6 Å². The minimum atomic E-state index is -1.24. The largest absolute Gasteiger partial charge is 0.477 e. The first-order valence-corrected chi connectivity index (χ1v) is 7.33. The summed E-state index contributed by atoms with van der Waals surface area (Å²) in [5, 5.41) is 8.95. The van der Waals surface area contributed by atoms with Crippen LogP contribution >= 0.6 is 0 Å². The third-order valence-corrected chi connectivity index (χ3v) is 3.98. The van der Waals surface area contributed by atoms with Crippen LogP contribution in [-0.4, -0.2) is 29.3 Å². The number of ether oxygens (including phenoxy) is 1. The maximum absolute atomic E-state index is 14.4. The van der Waals surface area contributed by atoms with Crippen LogP contribution in [0, 0.1) is 11.6 Å². The third kappa shape index (κ3) is 3.22. The summed E-state index contributed by atoms with van der Waals surface area (Å²) in [6.45, 7) is 1.16. The highest BCUT2D eigenvalue weighted by Gasteiger charge is 2.21. The van der Waals surface area contributed by atoms with Crippen molar-refractivity contribution in [2.24, 2.45) is 0 Å². The molecule has 23 heavy (non-hydrogen) atoms. The number of pyridine rings is 1. The van der Waals surface area contributed by atoms with Gasteiger partial charge >= 0.3 is 5.97 Å². The van der Waals surface area contributed by atoms with Crippen LogP contribution < -0.4 is 0 Å². The van der Waals surface area contributed by atoms with Crippen LogP contribution in [-0.2, 0) is 4.74 Å². The van der Waals surface area contributed by atoms with E-state index in [1.807, 2.05) is 0 Å². The number of hydrogen-bond donors (Lipinski definition) is 1. The Morgan fingerprint density at radius 1 is 1.17 bits per heavy atom. The lowest BCUT2D eigenvalue weighted by molar-refractivity contribution is 0.0690. The summed E-state index contributed by atoms with van der Waals surface area (Å²) in [4.78, 5) is 14.8. The Hall–Kier alpha value is -2.34. The molecular formula is C17H15F2NO3. The van der Waals surface area contributed by atoms with Gasteiger partial charge in [-0.3, -0.25) is 0 Å². The lowest BCUT2D eigenvalue weighted by Gasteiger charge is -2.23. The standard InChI is InChI=1S/C17H15F2NO3/c18-12-8-11(10-4-6-23-7-5-10)9-13(19)16(12)14-2-1-3-15(20-14)17(21)22/h1-3,8-10H,4-7H2,(H,21,22). The van der Waals surface area contributed by atoms with Crippen molar-refractivity contribution in [3.8, 4) is 11.3 Å². The molecule has 0 unspecified atom stereocenters. The van der Waals surface area contributed by atoms with Gasteiger partial charge in [-0.2, -0.15) is 0 Å². The normalized spacial score (nSPS) is 15.6. The molecule has 4 nitrogen and oxygen atoms in total. The van der Waals surface area contributed by atoms with E-state index in [0.29, 0.717) is 18.8 Å². The molecule has 6 heteroatoms. The minimum Gasteiger partial charge on any atom is -0.477 e. The number of aromatic nitrogens is 1. The van der Waals surface area contributed by atoms with E-state index in [-0.39, 0.29) is 22.9 Å². The van der Waals surface area contributed by atoms with Crippen LogP contribution in [0.1, 0.15) is 34.8 Å². The molecular weight excluding hydrogens is 304 g/mol. The van der Waals surface area contributed by atoms with Gasteiger partial charge in [0, 0.05) is 13.2 Å². The van der Waals surface area contributed by atoms with Gasteiger partial charge in [-0.05, 0) is 48.6 Å².